The average molecular weight is 322 g/mol. The molecule has 3 atom stereocenters. The molecule has 0 radical (unpaired) electrons. The van der Waals surface area contributed by atoms with Crippen LogP contribution >= 0.6 is 0 Å². The Labute approximate surface area is 138 Å². The van der Waals surface area contributed by atoms with Crippen LogP contribution in [0.15, 0.2) is 24.3 Å². The van der Waals surface area contributed by atoms with Crippen LogP contribution in [0.4, 0.5) is 0 Å². The molecule has 0 aromatic heterocycles. The van der Waals surface area contributed by atoms with Gasteiger partial charge in [0.15, 0.2) is 10.8 Å². The summed E-state index contributed by atoms with van der Waals surface area (Å²) in [5, 5.41) is 42.2. The number of hydrogen-bond acceptors (Lipinski definition) is 6. The molecule has 1 heterocycles. The summed E-state index contributed by atoms with van der Waals surface area (Å²) >= 11 is 0. The molecule has 2 aliphatic rings. The molecule has 7 nitrogen and oxygen atoms in total. The molecule has 3 rings (SSSR count). The van der Waals surface area contributed by atoms with Crippen LogP contribution < -0.4 is 10.1 Å². The summed E-state index contributed by atoms with van der Waals surface area (Å²) < 4.78 is 5.10. The third kappa shape index (κ3) is 1.75. The minimum atomic E-state index is -1.91. The first kappa shape index (κ1) is 15.8. The molecule has 120 valence electrons. The van der Waals surface area contributed by atoms with E-state index in [0.29, 0.717) is 11.3 Å². The van der Waals surface area contributed by atoms with Crippen LogP contribution in [0.2, 0.25) is 0 Å². The number of carbonyl (C=O) groups is 1. The number of amides is 1. The molecule has 2 N–H and O–H groups in total. The molecular weight excluding hydrogens is 308 g/mol. The van der Waals surface area contributed by atoms with Crippen LogP contribution in [-0.4, -0.2) is 23.8 Å². The Morgan fingerprint density at radius 2 is 1.83 bits per heavy atom. The molecule has 1 amide bonds. The van der Waals surface area contributed by atoms with E-state index < -0.39 is 28.4 Å². The van der Waals surface area contributed by atoms with Crippen molar-refractivity contribution in [2.24, 2.45) is 10.8 Å². The largest absolute Gasteiger partial charge is 0.497 e. The van der Waals surface area contributed by atoms with Crippen molar-refractivity contribution >= 4 is 5.91 Å². The zero-order valence-electron chi connectivity index (χ0n) is 12.9. The highest BCUT2D eigenvalue weighted by Gasteiger charge is 2.73. The van der Waals surface area contributed by atoms with E-state index >= 15 is 0 Å². The van der Waals surface area contributed by atoms with Crippen molar-refractivity contribution in [1.29, 1.82) is 15.8 Å². The number of aliphatic hydroxyl groups is 1. The van der Waals surface area contributed by atoms with Gasteiger partial charge in [0.05, 0.1) is 25.3 Å². The first-order valence-electron chi connectivity index (χ1n) is 7.33. The van der Waals surface area contributed by atoms with Gasteiger partial charge >= 0.3 is 0 Å². The lowest BCUT2D eigenvalue weighted by Gasteiger charge is -2.43. The van der Waals surface area contributed by atoms with Crippen molar-refractivity contribution < 1.29 is 14.6 Å². The smallest absolute Gasteiger partial charge is 0.245 e. The Morgan fingerprint density at radius 3 is 2.33 bits per heavy atom. The fraction of sp³-hybridized carbons (Fsp3) is 0.412. The molecule has 2 bridgehead atoms. The molecule has 1 saturated heterocycles. The zero-order chi connectivity index (χ0) is 17.6. The van der Waals surface area contributed by atoms with E-state index in [0.717, 1.165) is 0 Å². The summed E-state index contributed by atoms with van der Waals surface area (Å²) in [6, 6.07) is 12.4. The van der Waals surface area contributed by atoms with Gasteiger partial charge in [-0.2, -0.15) is 15.8 Å². The summed E-state index contributed by atoms with van der Waals surface area (Å²) in [6.45, 7) is 0. The number of ether oxygens (including phenoxy) is 1. The fourth-order valence-electron chi connectivity index (χ4n) is 3.87. The third-order valence-corrected chi connectivity index (χ3v) is 5.09. The molecule has 1 aromatic carbocycles. The highest BCUT2D eigenvalue weighted by atomic mass is 16.5. The molecule has 7 heteroatoms. The van der Waals surface area contributed by atoms with Crippen molar-refractivity contribution in [2.45, 2.75) is 24.5 Å². The van der Waals surface area contributed by atoms with Crippen molar-refractivity contribution in [3.63, 3.8) is 0 Å². The predicted molar refractivity (Wildman–Crippen MR) is 79.8 cm³/mol. The maximum Gasteiger partial charge on any atom is 0.245 e. The van der Waals surface area contributed by atoms with Crippen LogP contribution in [-0.2, 0) is 4.79 Å². The van der Waals surface area contributed by atoms with Gasteiger partial charge < -0.3 is 15.2 Å². The number of carbonyl (C=O) groups excluding carboxylic acids is 1. The number of nitriles is 3. The molecule has 2 fully saturated rings. The van der Waals surface area contributed by atoms with Gasteiger partial charge in [0.1, 0.15) is 11.5 Å². The topological polar surface area (TPSA) is 130 Å². The normalized spacial score (nSPS) is 32.8. The van der Waals surface area contributed by atoms with Crippen LogP contribution in [0.1, 0.15) is 24.3 Å². The summed E-state index contributed by atoms with van der Waals surface area (Å²) in [6.07, 6.45) is -0.293. The van der Waals surface area contributed by atoms with Gasteiger partial charge in [-0.1, -0.05) is 12.1 Å². The SMILES string of the molecule is COc1ccc([C@@H]2C[C@]3(O)C[C@](C#N)(C(=O)N3)C2(C#N)C#N)cc1. The van der Waals surface area contributed by atoms with Gasteiger partial charge in [0.25, 0.3) is 0 Å². The van der Waals surface area contributed by atoms with E-state index in [4.69, 9.17) is 4.74 Å². The zero-order valence-corrected chi connectivity index (χ0v) is 12.9. The van der Waals surface area contributed by atoms with Crippen LogP contribution in [0, 0.1) is 44.8 Å². The summed E-state index contributed by atoms with van der Waals surface area (Å²) in [5.74, 6) is -0.970. The predicted octanol–water partition coefficient (Wildman–Crippen LogP) is 0.935. The Hall–Kier alpha value is -3.08. The molecule has 1 aliphatic carbocycles. The van der Waals surface area contributed by atoms with Crippen molar-refractivity contribution in [3.05, 3.63) is 29.8 Å². The molecule has 24 heavy (non-hydrogen) atoms. The molecule has 0 spiro atoms. The number of nitrogens with zero attached hydrogens (tertiary/aromatic N) is 3. The van der Waals surface area contributed by atoms with Crippen molar-refractivity contribution in [3.8, 4) is 24.0 Å². The Balaban J connectivity index is 2.22. The second kappa shape index (κ2) is 4.96. The van der Waals surface area contributed by atoms with E-state index in [9.17, 15) is 25.7 Å². The van der Waals surface area contributed by atoms with Gasteiger partial charge in [-0.3, -0.25) is 4.79 Å². The number of benzene rings is 1. The minimum Gasteiger partial charge on any atom is -0.497 e. The van der Waals surface area contributed by atoms with E-state index in [-0.39, 0.29) is 12.8 Å². The Morgan fingerprint density at radius 1 is 1.21 bits per heavy atom. The highest BCUT2D eigenvalue weighted by Crippen LogP contribution is 2.62. The summed E-state index contributed by atoms with van der Waals surface area (Å²) in [5.41, 5.74) is -4.81. The number of fused-ring (bicyclic) bond motifs is 2. The first-order valence-corrected chi connectivity index (χ1v) is 7.33. The Kier molecular flexibility index (Phi) is 3.27. The first-order chi connectivity index (χ1) is 11.4. The van der Waals surface area contributed by atoms with Crippen LogP contribution in [0.3, 0.4) is 0 Å². The van der Waals surface area contributed by atoms with Gasteiger partial charge in [0, 0.05) is 18.8 Å². The van der Waals surface area contributed by atoms with Gasteiger partial charge in [0.2, 0.25) is 5.91 Å². The van der Waals surface area contributed by atoms with Crippen molar-refractivity contribution in [1.82, 2.24) is 5.32 Å². The average Bonchev–Trinajstić information content (AvgIpc) is 2.83. The second-order valence-electron chi connectivity index (χ2n) is 6.24. The fourth-order valence-corrected chi connectivity index (χ4v) is 3.87. The lowest BCUT2D eigenvalue weighted by molar-refractivity contribution is -0.128. The lowest BCUT2D eigenvalue weighted by Crippen LogP contribution is -2.52. The lowest BCUT2D eigenvalue weighted by atomic mass is 9.51. The number of methoxy groups -OCH3 is 1. The van der Waals surface area contributed by atoms with Crippen LogP contribution in [0.5, 0.6) is 5.75 Å². The van der Waals surface area contributed by atoms with Gasteiger partial charge in [-0.15, -0.1) is 0 Å². The summed E-state index contributed by atoms with van der Waals surface area (Å²) in [7, 11) is 1.51. The van der Waals surface area contributed by atoms with E-state index in [1.165, 1.54) is 7.11 Å². The standard InChI is InChI=1S/C17H14N4O3/c1-24-12-4-2-11(3-5-12)13-6-17(23)7-15(8-18,14(22)21-17)16(13,9-19)10-20/h2-5,13,23H,6-7H2,1H3,(H,21,22)/t13-,15-,17-/m0/s1. The third-order valence-electron chi connectivity index (χ3n) is 5.09. The number of hydrogen-bond donors (Lipinski definition) is 2. The maximum atomic E-state index is 12.4. The van der Waals surface area contributed by atoms with Gasteiger partial charge in [-0.25, -0.2) is 0 Å². The molecule has 0 unspecified atom stereocenters. The maximum absolute atomic E-state index is 12.4. The molecular formula is C17H14N4O3. The van der Waals surface area contributed by atoms with Crippen LogP contribution in [0.25, 0.3) is 0 Å². The number of nitrogens with one attached hydrogen (secondary N) is 1. The second-order valence-corrected chi connectivity index (χ2v) is 6.24. The van der Waals surface area contributed by atoms with E-state index in [2.05, 4.69) is 5.32 Å². The van der Waals surface area contributed by atoms with Gasteiger partial charge in [-0.05, 0) is 17.7 Å². The summed E-state index contributed by atoms with van der Waals surface area (Å²) in [4.78, 5) is 12.4. The molecule has 1 aromatic rings. The minimum absolute atomic E-state index is 0.0182. The highest BCUT2D eigenvalue weighted by molar-refractivity contribution is 5.91. The number of rotatable bonds is 2. The van der Waals surface area contributed by atoms with E-state index in [1.54, 1.807) is 24.3 Å². The quantitative estimate of drug-likeness (QED) is 0.833. The molecule has 1 saturated carbocycles. The van der Waals surface area contributed by atoms with Crippen molar-refractivity contribution in [2.75, 3.05) is 7.11 Å². The monoisotopic (exact) mass is 322 g/mol. The Bertz CT molecular complexity index is 815. The van der Waals surface area contributed by atoms with E-state index in [1.807, 2.05) is 18.2 Å². The molecule has 1 aliphatic heterocycles.